The van der Waals surface area contributed by atoms with E-state index in [4.69, 9.17) is 0 Å². The summed E-state index contributed by atoms with van der Waals surface area (Å²) < 4.78 is 0. The smallest absolute Gasteiger partial charge is 0.242 e. The lowest BCUT2D eigenvalue weighted by molar-refractivity contribution is -0.130. The molecule has 0 spiro atoms. The van der Waals surface area contributed by atoms with E-state index in [2.05, 4.69) is 20.8 Å². The minimum Gasteiger partial charge on any atom is -0.352 e. The molecule has 3 N–H and O–H groups in total. The Morgan fingerprint density at radius 2 is 1.87 bits per heavy atom. The van der Waals surface area contributed by atoms with Crippen LogP contribution in [0.2, 0.25) is 0 Å². The van der Waals surface area contributed by atoms with Crippen LogP contribution in [0, 0.1) is 19.8 Å². The molecule has 0 aromatic carbocycles. The van der Waals surface area contributed by atoms with Crippen molar-refractivity contribution in [2.45, 2.75) is 71.9 Å². The van der Waals surface area contributed by atoms with E-state index in [0.717, 1.165) is 29.8 Å². The van der Waals surface area contributed by atoms with Crippen LogP contribution in [0.25, 0.3) is 0 Å². The Morgan fingerprint density at radius 1 is 1.22 bits per heavy atom. The molecule has 2 atom stereocenters. The van der Waals surface area contributed by atoms with E-state index in [1.807, 2.05) is 20.8 Å². The van der Waals surface area contributed by atoms with Crippen LogP contribution in [0.4, 0.5) is 0 Å². The molecule has 23 heavy (non-hydrogen) atoms. The lowest BCUT2D eigenvalue weighted by Gasteiger charge is -2.20. The summed E-state index contributed by atoms with van der Waals surface area (Å²) in [7, 11) is 0. The molecule has 1 fully saturated rings. The zero-order valence-corrected chi connectivity index (χ0v) is 14.5. The van der Waals surface area contributed by atoms with Crippen LogP contribution in [0.1, 0.15) is 56.5 Å². The van der Waals surface area contributed by atoms with E-state index in [-0.39, 0.29) is 23.8 Å². The van der Waals surface area contributed by atoms with Crippen molar-refractivity contribution in [3.63, 3.8) is 0 Å². The highest BCUT2D eigenvalue weighted by atomic mass is 16.2. The predicted molar refractivity (Wildman–Crippen MR) is 88.9 cm³/mol. The van der Waals surface area contributed by atoms with Crippen molar-refractivity contribution < 1.29 is 9.59 Å². The largest absolute Gasteiger partial charge is 0.352 e. The van der Waals surface area contributed by atoms with Gasteiger partial charge >= 0.3 is 0 Å². The molecule has 1 saturated carbocycles. The summed E-state index contributed by atoms with van der Waals surface area (Å²) in [6.45, 7) is 7.50. The Labute approximate surface area is 137 Å². The Balaban J connectivity index is 1.83. The first-order valence-corrected chi connectivity index (χ1v) is 8.49. The van der Waals surface area contributed by atoms with Crippen molar-refractivity contribution >= 4 is 11.8 Å². The van der Waals surface area contributed by atoms with Gasteiger partial charge in [0.2, 0.25) is 11.8 Å². The number of aryl methyl sites for hydroxylation is 2. The summed E-state index contributed by atoms with van der Waals surface area (Å²) in [5.74, 6) is -0.390. The molecule has 1 aromatic rings. The van der Waals surface area contributed by atoms with E-state index in [1.165, 1.54) is 12.8 Å². The SMILES string of the molecule is Cc1n[nH]c(C)c1C[C@@H](C)C(=O)N[C@@H](C)C(=O)NC1CCCC1. The van der Waals surface area contributed by atoms with E-state index in [0.29, 0.717) is 6.42 Å². The first-order valence-electron chi connectivity index (χ1n) is 8.49. The van der Waals surface area contributed by atoms with Crippen LogP contribution in [-0.4, -0.2) is 34.1 Å². The molecule has 1 aromatic heterocycles. The van der Waals surface area contributed by atoms with Crippen LogP contribution >= 0.6 is 0 Å². The Morgan fingerprint density at radius 3 is 2.43 bits per heavy atom. The topological polar surface area (TPSA) is 86.9 Å². The van der Waals surface area contributed by atoms with Gasteiger partial charge in [0.15, 0.2) is 0 Å². The predicted octanol–water partition coefficient (Wildman–Crippen LogP) is 1.77. The third kappa shape index (κ3) is 4.56. The fourth-order valence-corrected chi connectivity index (χ4v) is 3.09. The van der Waals surface area contributed by atoms with Gasteiger partial charge in [-0.15, -0.1) is 0 Å². The highest BCUT2D eigenvalue weighted by Gasteiger charge is 2.24. The molecule has 1 heterocycles. The van der Waals surface area contributed by atoms with Crippen molar-refractivity contribution in [3.8, 4) is 0 Å². The summed E-state index contributed by atoms with van der Waals surface area (Å²) in [5, 5.41) is 12.9. The highest BCUT2D eigenvalue weighted by molar-refractivity contribution is 5.88. The average molecular weight is 320 g/mol. The second-order valence-corrected chi connectivity index (χ2v) is 6.74. The summed E-state index contributed by atoms with van der Waals surface area (Å²) in [6, 6.07) is -0.229. The average Bonchev–Trinajstić information content (AvgIpc) is 3.12. The van der Waals surface area contributed by atoms with Gasteiger partial charge in [-0.25, -0.2) is 0 Å². The lowest BCUT2D eigenvalue weighted by Crippen LogP contribution is -2.48. The van der Waals surface area contributed by atoms with Gasteiger partial charge in [0.25, 0.3) is 0 Å². The van der Waals surface area contributed by atoms with Crippen molar-refractivity contribution in [2.24, 2.45) is 5.92 Å². The molecule has 1 aliphatic carbocycles. The van der Waals surface area contributed by atoms with E-state index in [9.17, 15) is 9.59 Å². The number of hydrogen-bond donors (Lipinski definition) is 3. The quantitative estimate of drug-likeness (QED) is 0.746. The molecule has 6 nitrogen and oxygen atoms in total. The molecule has 0 saturated heterocycles. The third-order valence-corrected chi connectivity index (χ3v) is 4.69. The van der Waals surface area contributed by atoms with Gasteiger partial charge in [0.05, 0.1) is 5.69 Å². The maximum atomic E-state index is 12.3. The van der Waals surface area contributed by atoms with Crippen LogP contribution in [0.15, 0.2) is 0 Å². The fraction of sp³-hybridized carbons (Fsp3) is 0.706. The number of rotatable bonds is 6. The zero-order chi connectivity index (χ0) is 17.0. The third-order valence-electron chi connectivity index (χ3n) is 4.69. The molecular formula is C17H28N4O2. The van der Waals surface area contributed by atoms with Gasteiger partial charge in [-0.1, -0.05) is 19.8 Å². The maximum Gasteiger partial charge on any atom is 0.242 e. The first kappa shape index (κ1) is 17.5. The molecule has 1 aliphatic rings. The molecule has 0 unspecified atom stereocenters. The van der Waals surface area contributed by atoms with Crippen molar-refractivity contribution in [1.29, 1.82) is 0 Å². The van der Waals surface area contributed by atoms with Crippen LogP contribution in [-0.2, 0) is 16.0 Å². The number of nitrogens with one attached hydrogen (secondary N) is 3. The summed E-state index contributed by atoms with van der Waals surface area (Å²) in [5.41, 5.74) is 3.00. The molecule has 0 bridgehead atoms. The molecule has 0 radical (unpaired) electrons. The van der Waals surface area contributed by atoms with Gasteiger partial charge in [-0.3, -0.25) is 14.7 Å². The highest BCUT2D eigenvalue weighted by Crippen LogP contribution is 2.18. The number of aromatic nitrogens is 2. The second-order valence-electron chi connectivity index (χ2n) is 6.74. The normalized spacial score (nSPS) is 17.7. The zero-order valence-electron chi connectivity index (χ0n) is 14.5. The van der Waals surface area contributed by atoms with Crippen molar-refractivity contribution in [1.82, 2.24) is 20.8 Å². The first-order chi connectivity index (χ1) is 10.9. The molecular weight excluding hydrogens is 292 g/mol. The lowest BCUT2D eigenvalue weighted by atomic mass is 9.98. The fourth-order valence-electron chi connectivity index (χ4n) is 3.09. The van der Waals surface area contributed by atoms with Gasteiger partial charge < -0.3 is 10.6 Å². The second kappa shape index (κ2) is 7.62. The molecule has 2 rings (SSSR count). The molecule has 2 amide bonds. The van der Waals surface area contributed by atoms with Gasteiger partial charge in [-0.2, -0.15) is 5.10 Å². The molecule has 128 valence electrons. The summed E-state index contributed by atoms with van der Waals surface area (Å²) in [6.07, 6.45) is 5.05. The van der Waals surface area contributed by atoms with Crippen molar-refractivity contribution in [3.05, 3.63) is 17.0 Å². The monoisotopic (exact) mass is 320 g/mol. The van der Waals surface area contributed by atoms with Crippen molar-refractivity contribution in [2.75, 3.05) is 0 Å². The number of aromatic amines is 1. The number of hydrogen-bond acceptors (Lipinski definition) is 3. The van der Waals surface area contributed by atoms with E-state index in [1.54, 1.807) is 6.92 Å². The standard InChI is InChI=1S/C17H28N4O2/c1-10(9-15-11(2)20-21-12(15)3)16(22)18-13(4)17(23)19-14-7-5-6-8-14/h10,13-14H,5-9H2,1-4H3,(H,18,22)(H,19,23)(H,20,21)/t10-,13+/m1/s1. The number of carbonyl (C=O) groups excluding carboxylic acids is 2. The minimum absolute atomic E-state index is 0.0897. The maximum absolute atomic E-state index is 12.3. The number of carbonyl (C=O) groups is 2. The van der Waals surface area contributed by atoms with Gasteiger partial charge in [0, 0.05) is 17.7 Å². The Kier molecular flexibility index (Phi) is 5.80. The van der Waals surface area contributed by atoms with E-state index < -0.39 is 6.04 Å². The number of nitrogens with zero attached hydrogens (tertiary/aromatic N) is 1. The van der Waals surface area contributed by atoms with E-state index >= 15 is 0 Å². The number of amides is 2. The van der Waals surface area contributed by atoms with Gasteiger partial charge in [-0.05, 0) is 45.6 Å². The number of H-pyrrole nitrogens is 1. The minimum atomic E-state index is -0.503. The Hall–Kier alpha value is -1.85. The van der Waals surface area contributed by atoms with Crippen LogP contribution in [0.5, 0.6) is 0 Å². The van der Waals surface area contributed by atoms with Crippen LogP contribution in [0.3, 0.4) is 0 Å². The summed E-state index contributed by atoms with van der Waals surface area (Å²) >= 11 is 0. The van der Waals surface area contributed by atoms with Crippen LogP contribution < -0.4 is 10.6 Å². The molecule has 6 heteroatoms. The summed E-state index contributed by atoms with van der Waals surface area (Å²) in [4.78, 5) is 24.5. The Bertz CT molecular complexity index is 541. The molecule has 0 aliphatic heterocycles. The van der Waals surface area contributed by atoms with Gasteiger partial charge in [0.1, 0.15) is 6.04 Å².